The molecule has 0 radical (unpaired) electrons. The summed E-state index contributed by atoms with van der Waals surface area (Å²) >= 11 is 6.25. The van der Waals surface area contributed by atoms with E-state index in [0.717, 1.165) is 47.9 Å². The lowest BCUT2D eigenvalue weighted by molar-refractivity contribution is -0.384. The topological polar surface area (TPSA) is 96.1 Å². The summed E-state index contributed by atoms with van der Waals surface area (Å²) in [5.74, 6) is 0.384. The first-order valence-electron chi connectivity index (χ1n) is 12.7. The van der Waals surface area contributed by atoms with Crippen LogP contribution in [-0.4, -0.2) is 33.3 Å². The van der Waals surface area contributed by atoms with Crippen molar-refractivity contribution in [2.24, 2.45) is 11.8 Å². The molecule has 7 nitrogen and oxygen atoms in total. The zero-order valence-electron chi connectivity index (χ0n) is 20.5. The van der Waals surface area contributed by atoms with Crippen molar-refractivity contribution in [2.45, 2.75) is 44.2 Å². The largest absolute Gasteiger partial charge is 0.396 e. The molecule has 0 aromatic heterocycles. The number of nitrogens with zero attached hydrogens (tertiary/aromatic N) is 2. The summed E-state index contributed by atoms with van der Waals surface area (Å²) in [5, 5.41) is 33.4. The number of fused-ring (bicyclic) bond motifs is 1. The maximum Gasteiger partial charge on any atom is 0.269 e. The predicted octanol–water partition coefficient (Wildman–Crippen LogP) is 5.77. The van der Waals surface area contributed by atoms with Gasteiger partial charge in [0.15, 0.2) is 5.72 Å². The zero-order chi connectivity index (χ0) is 26.0. The van der Waals surface area contributed by atoms with Crippen LogP contribution in [0.4, 0.5) is 5.69 Å². The molecule has 0 saturated heterocycles. The van der Waals surface area contributed by atoms with E-state index >= 15 is 0 Å². The minimum atomic E-state index is -1.11. The van der Waals surface area contributed by atoms with Gasteiger partial charge in [0.25, 0.3) is 5.69 Å². The smallest absolute Gasteiger partial charge is 0.269 e. The summed E-state index contributed by atoms with van der Waals surface area (Å²) in [4.78, 5) is 12.6. The van der Waals surface area contributed by atoms with E-state index in [-0.39, 0.29) is 24.1 Å². The van der Waals surface area contributed by atoms with Crippen molar-refractivity contribution in [3.05, 3.63) is 110 Å². The number of benzene rings is 3. The van der Waals surface area contributed by atoms with Crippen molar-refractivity contribution in [1.29, 1.82) is 0 Å². The van der Waals surface area contributed by atoms with Gasteiger partial charge in [0.05, 0.1) is 11.5 Å². The minimum absolute atomic E-state index is 0.0153. The third-order valence-corrected chi connectivity index (χ3v) is 8.10. The number of nitro groups is 1. The molecule has 4 atom stereocenters. The van der Waals surface area contributed by atoms with Crippen molar-refractivity contribution in [3.8, 4) is 0 Å². The van der Waals surface area contributed by atoms with Crippen LogP contribution in [0.2, 0.25) is 5.02 Å². The average molecular weight is 523 g/mol. The fourth-order valence-electron chi connectivity index (χ4n) is 5.86. The number of non-ortho nitro benzene ring substituents is 1. The van der Waals surface area contributed by atoms with Crippen LogP contribution in [0.3, 0.4) is 0 Å². The Morgan fingerprint density at radius 2 is 1.68 bits per heavy atom. The Morgan fingerprint density at radius 1 is 1.00 bits per heavy atom. The van der Waals surface area contributed by atoms with Crippen LogP contribution in [0.1, 0.15) is 54.2 Å². The molecular formula is C29H31ClN2O5. The first-order valence-corrected chi connectivity index (χ1v) is 13.1. The molecule has 3 aromatic carbocycles. The van der Waals surface area contributed by atoms with Crippen LogP contribution < -0.4 is 0 Å². The Kier molecular flexibility index (Phi) is 7.60. The molecule has 0 amide bonds. The number of halogens is 1. The van der Waals surface area contributed by atoms with Crippen LogP contribution in [0.25, 0.3) is 0 Å². The molecule has 2 unspecified atom stereocenters. The van der Waals surface area contributed by atoms with Gasteiger partial charge in [-0.2, -0.15) is 0 Å². The molecule has 1 saturated carbocycles. The number of nitro benzene ring substituents is 1. The summed E-state index contributed by atoms with van der Waals surface area (Å²) in [7, 11) is 0. The van der Waals surface area contributed by atoms with Crippen LogP contribution in [-0.2, 0) is 17.0 Å². The van der Waals surface area contributed by atoms with Gasteiger partial charge in [-0.1, -0.05) is 73.0 Å². The lowest BCUT2D eigenvalue weighted by Gasteiger charge is -2.42. The molecule has 5 rings (SSSR count). The van der Waals surface area contributed by atoms with Crippen LogP contribution >= 0.6 is 11.6 Å². The molecule has 3 aromatic rings. The molecule has 0 bridgehead atoms. The highest BCUT2D eigenvalue weighted by atomic mass is 35.5. The van der Waals surface area contributed by atoms with Gasteiger partial charge in [-0.15, -0.1) is 0 Å². The minimum Gasteiger partial charge on any atom is -0.396 e. The van der Waals surface area contributed by atoms with E-state index in [1.54, 1.807) is 12.1 Å². The van der Waals surface area contributed by atoms with E-state index < -0.39 is 16.9 Å². The van der Waals surface area contributed by atoms with Gasteiger partial charge < -0.3 is 14.9 Å². The molecule has 194 valence electrons. The second kappa shape index (κ2) is 10.9. The highest BCUT2D eigenvalue weighted by Gasteiger charge is 2.52. The first-order chi connectivity index (χ1) is 17.9. The Morgan fingerprint density at radius 3 is 2.35 bits per heavy atom. The summed E-state index contributed by atoms with van der Waals surface area (Å²) in [6.07, 6.45) is 3.21. The number of rotatable bonds is 8. The predicted molar refractivity (Wildman–Crippen MR) is 141 cm³/mol. The number of aliphatic hydroxyl groups excluding tert-OH is 2. The highest BCUT2D eigenvalue weighted by Crippen LogP contribution is 2.51. The van der Waals surface area contributed by atoms with Crippen LogP contribution in [0, 0.1) is 22.0 Å². The van der Waals surface area contributed by atoms with Gasteiger partial charge in [-0.3, -0.25) is 10.1 Å². The molecule has 1 aliphatic heterocycles. The highest BCUT2D eigenvalue weighted by molar-refractivity contribution is 6.30. The van der Waals surface area contributed by atoms with Crippen LogP contribution in [0.5, 0.6) is 0 Å². The lowest BCUT2D eigenvalue weighted by atomic mass is 9.80. The third kappa shape index (κ3) is 4.90. The van der Waals surface area contributed by atoms with Crippen molar-refractivity contribution in [2.75, 3.05) is 13.2 Å². The number of aliphatic hydroxyl groups is 2. The second-order valence-corrected chi connectivity index (χ2v) is 10.4. The lowest BCUT2D eigenvalue weighted by Crippen LogP contribution is -2.47. The quantitative estimate of drug-likeness (QED) is 0.288. The SMILES string of the molecule is O=[N+]([O-])c1ccc(CN2C(O)c3ccccc3C2(OC[C@@H]2CCCC[C@@H]2CO)c2ccc(Cl)cc2)cc1. The van der Waals surface area contributed by atoms with Gasteiger partial charge in [-0.25, -0.2) is 4.90 Å². The van der Waals surface area contributed by atoms with Gasteiger partial charge in [0.1, 0.15) is 6.23 Å². The Hall–Kier alpha value is -2.81. The van der Waals surface area contributed by atoms with Crippen molar-refractivity contribution < 1.29 is 19.9 Å². The van der Waals surface area contributed by atoms with E-state index in [2.05, 4.69) is 0 Å². The zero-order valence-corrected chi connectivity index (χ0v) is 21.3. The van der Waals surface area contributed by atoms with E-state index in [9.17, 15) is 20.3 Å². The molecule has 1 aliphatic carbocycles. The number of ether oxygens (including phenoxy) is 1. The third-order valence-electron chi connectivity index (χ3n) is 7.85. The van der Waals surface area contributed by atoms with Gasteiger partial charge in [0.2, 0.25) is 0 Å². The fraction of sp³-hybridized carbons (Fsp3) is 0.379. The molecule has 1 heterocycles. The Balaban J connectivity index is 1.59. The maximum absolute atomic E-state index is 11.6. The Bertz CT molecular complexity index is 1240. The van der Waals surface area contributed by atoms with Crippen LogP contribution in [0.15, 0.2) is 72.8 Å². The van der Waals surface area contributed by atoms with Crippen molar-refractivity contribution in [3.63, 3.8) is 0 Å². The summed E-state index contributed by atoms with van der Waals surface area (Å²) < 4.78 is 6.94. The van der Waals surface area contributed by atoms with Gasteiger partial charge in [0, 0.05) is 47.0 Å². The molecular weight excluding hydrogens is 492 g/mol. The maximum atomic E-state index is 11.6. The monoisotopic (exact) mass is 522 g/mol. The fourth-order valence-corrected chi connectivity index (χ4v) is 5.98. The molecule has 37 heavy (non-hydrogen) atoms. The molecule has 2 aliphatic rings. The molecule has 1 fully saturated rings. The van der Waals surface area contributed by atoms with E-state index in [4.69, 9.17) is 16.3 Å². The summed E-state index contributed by atoms with van der Waals surface area (Å²) in [6.45, 7) is 0.851. The Labute approximate surface area is 221 Å². The van der Waals surface area contributed by atoms with E-state index in [0.29, 0.717) is 18.2 Å². The van der Waals surface area contributed by atoms with E-state index in [1.807, 2.05) is 53.4 Å². The number of hydrogen-bond donors (Lipinski definition) is 2. The van der Waals surface area contributed by atoms with Crippen molar-refractivity contribution in [1.82, 2.24) is 4.90 Å². The summed E-state index contributed by atoms with van der Waals surface area (Å²) in [5.41, 5.74) is 2.15. The van der Waals surface area contributed by atoms with Gasteiger partial charge >= 0.3 is 0 Å². The first kappa shape index (κ1) is 25.8. The molecule has 0 spiro atoms. The normalized spacial score (nSPS) is 25.6. The second-order valence-electron chi connectivity index (χ2n) is 9.96. The van der Waals surface area contributed by atoms with Crippen molar-refractivity contribution >= 4 is 17.3 Å². The average Bonchev–Trinajstić information content (AvgIpc) is 3.16. The summed E-state index contributed by atoms with van der Waals surface area (Å²) in [6, 6.07) is 21.6. The van der Waals surface area contributed by atoms with Gasteiger partial charge in [-0.05, 0) is 42.4 Å². The van der Waals surface area contributed by atoms with E-state index in [1.165, 1.54) is 12.1 Å². The molecule has 8 heteroatoms. The number of hydrogen-bond acceptors (Lipinski definition) is 6. The standard InChI is InChI=1S/C29H31ClN2O5/c30-24-13-11-23(12-14-24)29(37-19-22-6-2-1-5-21(22)18-33)27-8-4-3-7-26(27)28(34)31(29)17-20-9-15-25(16-10-20)32(35)36/h3-4,7-16,21-22,28,33-34H,1-2,5-6,17-19H2/t21-,22+,28?,29?/m1/s1. The molecule has 2 N–H and O–H groups in total.